The number of hydrogen-bond acceptors (Lipinski definition) is 4. The minimum absolute atomic E-state index is 0.105. The number of benzene rings is 2. The van der Waals surface area contributed by atoms with E-state index in [1.807, 2.05) is 48.5 Å². The Morgan fingerprint density at radius 3 is 1.88 bits per heavy atom. The van der Waals surface area contributed by atoms with Crippen LogP contribution in [0.3, 0.4) is 0 Å². The Morgan fingerprint density at radius 1 is 0.958 bits per heavy atom. The molecular formula is C19H23NO4. The van der Waals surface area contributed by atoms with Crippen LogP contribution in [0.1, 0.15) is 17.5 Å². The molecule has 24 heavy (non-hydrogen) atoms. The van der Waals surface area contributed by atoms with E-state index in [1.165, 1.54) is 0 Å². The van der Waals surface area contributed by atoms with Gasteiger partial charge in [-0.3, -0.25) is 9.69 Å². The van der Waals surface area contributed by atoms with Crippen molar-refractivity contribution in [2.24, 2.45) is 0 Å². The first-order valence-electron chi connectivity index (χ1n) is 7.80. The molecule has 0 saturated heterocycles. The van der Waals surface area contributed by atoms with Gasteiger partial charge in [-0.1, -0.05) is 24.3 Å². The van der Waals surface area contributed by atoms with Crippen LogP contribution in [0.25, 0.3) is 0 Å². The molecule has 0 amide bonds. The molecule has 2 aromatic carbocycles. The molecule has 0 bridgehead atoms. The van der Waals surface area contributed by atoms with Crippen molar-refractivity contribution >= 4 is 5.97 Å². The molecule has 128 valence electrons. The molecule has 0 aliphatic carbocycles. The Labute approximate surface area is 142 Å². The second-order valence-corrected chi connectivity index (χ2v) is 5.56. The molecule has 0 fully saturated rings. The van der Waals surface area contributed by atoms with E-state index in [1.54, 1.807) is 14.2 Å². The molecular weight excluding hydrogens is 306 g/mol. The van der Waals surface area contributed by atoms with E-state index in [9.17, 15) is 4.79 Å². The summed E-state index contributed by atoms with van der Waals surface area (Å²) in [4.78, 5) is 13.1. The van der Waals surface area contributed by atoms with Gasteiger partial charge >= 0.3 is 5.97 Å². The molecule has 5 nitrogen and oxygen atoms in total. The van der Waals surface area contributed by atoms with Crippen LogP contribution in [0.5, 0.6) is 11.5 Å². The molecule has 2 rings (SSSR count). The third-order valence-electron chi connectivity index (χ3n) is 3.72. The van der Waals surface area contributed by atoms with Crippen molar-refractivity contribution in [3.63, 3.8) is 0 Å². The van der Waals surface area contributed by atoms with Gasteiger partial charge in [-0.2, -0.15) is 0 Å². The van der Waals surface area contributed by atoms with Crippen molar-refractivity contribution in [2.45, 2.75) is 19.5 Å². The third kappa shape index (κ3) is 5.59. The zero-order valence-corrected chi connectivity index (χ0v) is 14.1. The van der Waals surface area contributed by atoms with Gasteiger partial charge in [0.15, 0.2) is 0 Å². The number of aliphatic carboxylic acids is 1. The molecule has 0 atom stereocenters. The fourth-order valence-electron chi connectivity index (χ4n) is 2.53. The van der Waals surface area contributed by atoms with E-state index in [2.05, 4.69) is 4.90 Å². The van der Waals surface area contributed by atoms with Gasteiger partial charge in [0.25, 0.3) is 0 Å². The van der Waals surface area contributed by atoms with Gasteiger partial charge in [0.1, 0.15) is 11.5 Å². The zero-order valence-electron chi connectivity index (χ0n) is 14.1. The Kier molecular flexibility index (Phi) is 6.63. The van der Waals surface area contributed by atoms with E-state index in [0.29, 0.717) is 19.6 Å². The second-order valence-electron chi connectivity index (χ2n) is 5.56. The molecule has 0 unspecified atom stereocenters. The van der Waals surface area contributed by atoms with Gasteiger partial charge in [0.2, 0.25) is 0 Å². The molecule has 1 N–H and O–H groups in total. The summed E-state index contributed by atoms with van der Waals surface area (Å²) in [6, 6.07) is 15.6. The van der Waals surface area contributed by atoms with Crippen molar-refractivity contribution in [1.29, 1.82) is 0 Å². The van der Waals surface area contributed by atoms with Crippen molar-refractivity contribution in [3.05, 3.63) is 59.7 Å². The fourth-order valence-corrected chi connectivity index (χ4v) is 2.53. The smallest absolute Gasteiger partial charge is 0.304 e. The molecule has 0 saturated carbocycles. The van der Waals surface area contributed by atoms with Crippen LogP contribution in [0.15, 0.2) is 48.5 Å². The summed E-state index contributed by atoms with van der Waals surface area (Å²) in [5, 5.41) is 8.99. The van der Waals surface area contributed by atoms with Crippen LogP contribution in [0, 0.1) is 0 Å². The predicted octanol–water partition coefficient (Wildman–Crippen LogP) is 3.18. The average Bonchev–Trinajstić information content (AvgIpc) is 2.60. The standard InChI is InChI=1S/C19H23NO4/c1-23-17-7-3-5-15(11-17)13-20(10-9-19(21)22)14-16-6-4-8-18(12-16)24-2/h3-8,11-12H,9-10,13-14H2,1-2H3,(H,21,22). The Morgan fingerprint density at radius 2 is 1.46 bits per heavy atom. The number of methoxy groups -OCH3 is 2. The SMILES string of the molecule is COc1cccc(CN(CCC(=O)O)Cc2cccc(OC)c2)c1. The highest BCUT2D eigenvalue weighted by Crippen LogP contribution is 2.18. The van der Waals surface area contributed by atoms with Gasteiger partial charge in [-0.15, -0.1) is 0 Å². The van der Waals surface area contributed by atoms with E-state index in [4.69, 9.17) is 14.6 Å². The summed E-state index contributed by atoms with van der Waals surface area (Å²) in [5.41, 5.74) is 2.17. The number of rotatable bonds is 9. The number of carbonyl (C=O) groups is 1. The number of hydrogen-bond donors (Lipinski definition) is 1. The van der Waals surface area contributed by atoms with Gasteiger partial charge < -0.3 is 14.6 Å². The minimum atomic E-state index is -0.795. The fraction of sp³-hybridized carbons (Fsp3) is 0.316. The normalized spacial score (nSPS) is 10.6. The molecule has 5 heteroatoms. The maximum atomic E-state index is 10.9. The first-order valence-corrected chi connectivity index (χ1v) is 7.80. The Balaban J connectivity index is 2.12. The molecule has 0 aliphatic rings. The van der Waals surface area contributed by atoms with Crippen LogP contribution in [0.2, 0.25) is 0 Å². The van der Waals surface area contributed by atoms with E-state index in [0.717, 1.165) is 22.6 Å². The lowest BCUT2D eigenvalue weighted by atomic mass is 10.1. The number of nitrogens with zero attached hydrogens (tertiary/aromatic N) is 1. The molecule has 0 aliphatic heterocycles. The van der Waals surface area contributed by atoms with E-state index in [-0.39, 0.29) is 6.42 Å². The van der Waals surface area contributed by atoms with Gasteiger partial charge in [-0.05, 0) is 35.4 Å². The largest absolute Gasteiger partial charge is 0.497 e. The van der Waals surface area contributed by atoms with Crippen LogP contribution < -0.4 is 9.47 Å². The summed E-state index contributed by atoms with van der Waals surface area (Å²) in [6.45, 7) is 1.78. The highest BCUT2D eigenvalue weighted by Gasteiger charge is 2.10. The summed E-state index contributed by atoms with van der Waals surface area (Å²) < 4.78 is 10.5. The molecule has 0 heterocycles. The quantitative estimate of drug-likeness (QED) is 0.766. The number of ether oxygens (including phenoxy) is 2. The van der Waals surface area contributed by atoms with E-state index < -0.39 is 5.97 Å². The highest BCUT2D eigenvalue weighted by atomic mass is 16.5. The highest BCUT2D eigenvalue weighted by molar-refractivity contribution is 5.66. The van der Waals surface area contributed by atoms with Crippen molar-refractivity contribution in [3.8, 4) is 11.5 Å². The maximum Gasteiger partial charge on any atom is 0.304 e. The molecule has 0 spiro atoms. The average molecular weight is 329 g/mol. The van der Waals surface area contributed by atoms with Crippen LogP contribution in [-0.4, -0.2) is 36.7 Å². The van der Waals surface area contributed by atoms with Gasteiger partial charge in [0.05, 0.1) is 20.6 Å². The second kappa shape index (κ2) is 8.93. The van der Waals surface area contributed by atoms with Crippen LogP contribution in [0.4, 0.5) is 0 Å². The Bertz CT molecular complexity index is 622. The molecule has 2 aromatic rings. The topological polar surface area (TPSA) is 59.0 Å². The van der Waals surface area contributed by atoms with Crippen molar-refractivity contribution in [2.75, 3.05) is 20.8 Å². The third-order valence-corrected chi connectivity index (χ3v) is 3.72. The first-order chi connectivity index (χ1) is 11.6. The lowest BCUT2D eigenvalue weighted by Crippen LogP contribution is -2.25. The monoisotopic (exact) mass is 329 g/mol. The summed E-state index contributed by atoms with van der Waals surface area (Å²) in [5.74, 6) is 0.801. The predicted molar refractivity (Wildman–Crippen MR) is 92.4 cm³/mol. The maximum absolute atomic E-state index is 10.9. The lowest BCUT2D eigenvalue weighted by Gasteiger charge is -2.22. The Hall–Kier alpha value is -2.53. The lowest BCUT2D eigenvalue weighted by molar-refractivity contribution is -0.137. The van der Waals surface area contributed by atoms with Crippen LogP contribution in [-0.2, 0) is 17.9 Å². The van der Waals surface area contributed by atoms with Gasteiger partial charge in [-0.25, -0.2) is 0 Å². The van der Waals surface area contributed by atoms with E-state index >= 15 is 0 Å². The van der Waals surface area contributed by atoms with Crippen molar-refractivity contribution < 1.29 is 19.4 Å². The first kappa shape index (κ1) is 17.8. The van der Waals surface area contributed by atoms with Gasteiger partial charge in [0, 0.05) is 19.6 Å². The zero-order chi connectivity index (χ0) is 17.4. The summed E-state index contributed by atoms with van der Waals surface area (Å²) in [7, 11) is 3.27. The minimum Gasteiger partial charge on any atom is -0.497 e. The summed E-state index contributed by atoms with van der Waals surface area (Å²) >= 11 is 0. The summed E-state index contributed by atoms with van der Waals surface area (Å²) in [6.07, 6.45) is 0.105. The van der Waals surface area contributed by atoms with Crippen molar-refractivity contribution in [1.82, 2.24) is 4.90 Å². The van der Waals surface area contributed by atoms with Crippen LogP contribution >= 0.6 is 0 Å². The molecule has 0 aromatic heterocycles. The number of carboxylic acids is 1. The molecule has 0 radical (unpaired) electrons. The number of carboxylic acid groups (broad SMARTS) is 1.